The Bertz CT molecular complexity index is 248. The van der Waals surface area contributed by atoms with E-state index in [4.69, 9.17) is 5.11 Å². The smallest absolute Gasteiger partial charge is 0.367 e. The third-order valence-corrected chi connectivity index (χ3v) is 1.13. The summed E-state index contributed by atoms with van der Waals surface area (Å²) in [5, 5.41) is 14.7. The van der Waals surface area contributed by atoms with Gasteiger partial charge in [-0.05, 0) is 6.92 Å². The highest BCUT2D eigenvalue weighted by atomic mass is 19.3. The molecule has 1 aromatic heterocycles. The highest BCUT2D eigenvalue weighted by Gasteiger charge is 2.31. The Morgan fingerprint density at radius 3 is 2.73 bits per heavy atom. The van der Waals surface area contributed by atoms with Crippen LogP contribution in [-0.4, -0.2) is 26.7 Å². The molecule has 0 aliphatic heterocycles. The quantitative estimate of drug-likeness (QED) is 0.674. The Labute approximate surface area is 61.4 Å². The SMILES string of the molecule is Cc1cn(C(F)(F)CO)nn1. The molecule has 1 N–H and O–H groups in total. The van der Waals surface area contributed by atoms with Gasteiger partial charge in [0.25, 0.3) is 0 Å². The Kier molecular flexibility index (Phi) is 1.86. The maximum absolute atomic E-state index is 12.5. The summed E-state index contributed by atoms with van der Waals surface area (Å²) < 4.78 is 25.4. The van der Waals surface area contributed by atoms with Crippen molar-refractivity contribution in [1.29, 1.82) is 0 Å². The highest BCUT2D eigenvalue weighted by Crippen LogP contribution is 2.17. The average molecular weight is 163 g/mol. The number of rotatable bonds is 2. The van der Waals surface area contributed by atoms with E-state index in [2.05, 4.69) is 10.3 Å². The van der Waals surface area contributed by atoms with Crippen LogP contribution in [0.2, 0.25) is 0 Å². The molecule has 0 spiro atoms. The summed E-state index contributed by atoms with van der Waals surface area (Å²) in [6.45, 7) is 0.271. The Morgan fingerprint density at radius 1 is 1.73 bits per heavy atom. The van der Waals surface area contributed by atoms with Crippen molar-refractivity contribution in [2.75, 3.05) is 6.61 Å². The molecule has 0 aromatic carbocycles. The first-order chi connectivity index (χ1) is 5.06. The Morgan fingerprint density at radius 2 is 2.36 bits per heavy atom. The standard InChI is InChI=1S/C5H7F2N3O/c1-4-2-10(9-8-4)5(6,7)3-11/h2,11H,3H2,1H3. The fraction of sp³-hybridized carbons (Fsp3) is 0.600. The van der Waals surface area contributed by atoms with E-state index < -0.39 is 12.7 Å². The van der Waals surface area contributed by atoms with Crippen molar-refractivity contribution < 1.29 is 13.9 Å². The lowest BCUT2D eigenvalue weighted by Crippen LogP contribution is -2.27. The fourth-order valence-corrected chi connectivity index (χ4v) is 0.580. The van der Waals surface area contributed by atoms with Gasteiger partial charge in [-0.3, -0.25) is 0 Å². The first kappa shape index (κ1) is 8.06. The predicted molar refractivity (Wildman–Crippen MR) is 32.0 cm³/mol. The molecule has 0 aliphatic carbocycles. The molecule has 0 atom stereocenters. The zero-order valence-corrected chi connectivity index (χ0v) is 5.83. The summed E-state index contributed by atoms with van der Waals surface area (Å²) in [7, 11) is 0. The number of hydrogen-bond donors (Lipinski definition) is 1. The number of aryl methyl sites for hydroxylation is 1. The molecule has 62 valence electrons. The van der Waals surface area contributed by atoms with E-state index in [1.165, 1.54) is 6.92 Å². The molecule has 1 rings (SSSR count). The van der Waals surface area contributed by atoms with E-state index in [1.807, 2.05) is 0 Å². The van der Waals surface area contributed by atoms with Crippen LogP contribution >= 0.6 is 0 Å². The molecule has 1 heterocycles. The van der Waals surface area contributed by atoms with Gasteiger partial charge in [0, 0.05) is 0 Å². The number of aliphatic hydroxyl groups is 1. The van der Waals surface area contributed by atoms with Gasteiger partial charge in [-0.2, -0.15) is 13.5 Å². The number of aliphatic hydroxyl groups excluding tert-OH is 1. The van der Waals surface area contributed by atoms with Crippen molar-refractivity contribution >= 4 is 0 Å². The number of alkyl halides is 2. The molecular weight excluding hydrogens is 156 g/mol. The first-order valence-corrected chi connectivity index (χ1v) is 2.94. The zero-order valence-electron chi connectivity index (χ0n) is 5.83. The highest BCUT2D eigenvalue weighted by molar-refractivity contribution is 4.88. The van der Waals surface area contributed by atoms with Gasteiger partial charge in [0.05, 0.1) is 11.9 Å². The number of hydrogen-bond acceptors (Lipinski definition) is 3. The van der Waals surface area contributed by atoms with E-state index in [9.17, 15) is 8.78 Å². The molecule has 0 bridgehead atoms. The monoisotopic (exact) mass is 163 g/mol. The third-order valence-electron chi connectivity index (χ3n) is 1.13. The lowest BCUT2D eigenvalue weighted by molar-refractivity contribution is -0.131. The fourth-order valence-electron chi connectivity index (χ4n) is 0.580. The second-order valence-electron chi connectivity index (χ2n) is 2.13. The number of aromatic nitrogens is 3. The minimum atomic E-state index is -3.35. The van der Waals surface area contributed by atoms with Crippen LogP contribution in [0.4, 0.5) is 8.78 Å². The van der Waals surface area contributed by atoms with E-state index >= 15 is 0 Å². The lowest BCUT2D eigenvalue weighted by atomic mass is 10.5. The molecule has 1 aromatic rings. The summed E-state index contributed by atoms with van der Waals surface area (Å²) >= 11 is 0. The topological polar surface area (TPSA) is 50.9 Å². The molecule has 0 saturated carbocycles. The van der Waals surface area contributed by atoms with Crippen molar-refractivity contribution in [2.24, 2.45) is 0 Å². The second kappa shape index (κ2) is 2.54. The zero-order chi connectivity index (χ0) is 8.48. The molecule has 11 heavy (non-hydrogen) atoms. The van der Waals surface area contributed by atoms with Crippen LogP contribution in [0.3, 0.4) is 0 Å². The van der Waals surface area contributed by atoms with Crippen LogP contribution in [0.25, 0.3) is 0 Å². The van der Waals surface area contributed by atoms with Gasteiger partial charge in [-0.15, -0.1) is 5.10 Å². The first-order valence-electron chi connectivity index (χ1n) is 2.94. The van der Waals surface area contributed by atoms with Gasteiger partial charge in [-0.1, -0.05) is 5.21 Å². The normalized spacial score (nSPS) is 12.0. The Balaban J connectivity index is 2.92. The van der Waals surface area contributed by atoms with Crippen LogP contribution < -0.4 is 0 Å². The number of nitrogens with zero attached hydrogens (tertiary/aromatic N) is 3. The van der Waals surface area contributed by atoms with Crippen molar-refractivity contribution in [1.82, 2.24) is 15.0 Å². The minimum absolute atomic E-state index is 0.336. The van der Waals surface area contributed by atoms with Gasteiger partial charge in [-0.25, -0.2) is 0 Å². The molecule has 0 radical (unpaired) electrons. The summed E-state index contributed by atoms with van der Waals surface area (Å²) in [5.41, 5.74) is 0.387. The lowest BCUT2D eigenvalue weighted by Gasteiger charge is -2.11. The molecule has 6 heteroatoms. The summed E-state index contributed by atoms with van der Waals surface area (Å²) in [6.07, 6.45) is 1.07. The molecule has 0 saturated heterocycles. The van der Waals surface area contributed by atoms with Crippen LogP contribution in [0.5, 0.6) is 0 Å². The summed E-state index contributed by atoms with van der Waals surface area (Å²) in [6, 6.07) is -3.35. The van der Waals surface area contributed by atoms with E-state index in [0.717, 1.165) is 6.20 Å². The average Bonchev–Trinajstić information content (AvgIpc) is 2.36. The third kappa shape index (κ3) is 1.51. The predicted octanol–water partition coefficient (Wildman–Crippen LogP) is 0.128. The number of halogens is 2. The summed E-state index contributed by atoms with van der Waals surface area (Å²) in [5.74, 6) is 0. The van der Waals surface area contributed by atoms with Gasteiger partial charge >= 0.3 is 6.05 Å². The van der Waals surface area contributed by atoms with Crippen molar-refractivity contribution in [3.05, 3.63) is 11.9 Å². The van der Waals surface area contributed by atoms with Gasteiger partial charge in [0.15, 0.2) is 0 Å². The summed E-state index contributed by atoms with van der Waals surface area (Å²) in [4.78, 5) is 0. The molecule has 4 nitrogen and oxygen atoms in total. The van der Waals surface area contributed by atoms with Gasteiger partial charge < -0.3 is 5.11 Å². The van der Waals surface area contributed by atoms with Crippen molar-refractivity contribution in [2.45, 2.75) is 13.0 Å². The van der Waals surface area contributed by atoms with Crippen molar-refractivity contribution in [3.63, 3.8) is 0 Å². The molecule has 0 aliphatic rings. The van der Waals surface area contributed by atoms with Crippen LogP contribution in [-0.2, 0) is 6.05 Å². The minimum Gasteiger partial charge on any atom is -0.388 e. The molecule has 0 unspecified atom stereocenters. The van der Waals surface area contributed by atoms with Crippen LogP contribution in [0.1, 0.15) is 5.69 Å². The largest absolute Gasteiger partial charge is 0.388 e. The van der Waals surface area contributed by atoms with Gasteiger partial charge in [0.1, 0.15) is 6.61 Å². The van der Waals surface area contributed by atoms with Crippen LogP contribution in [0.15, 0.2) is 6.20 Å². The van der Waals surface area contributed by atoms with Crippen LogP contribution in [0, 0.1) is 6.92 Å². The van der Waals surface area contributed by atoms with E-state index in [1.54, 1.807) is 0 Å². The molecular formula is C5H7F2N3O. The van der Waals surface area contributed by atoms with E-state index in [0.29, 0.717) is 10.4 Å². The Hall–Kier alpha value is -1.04. The molecule has 0 fully saturated rings. The molecule has 0 amide bonds. The van der Waals surface area contributed by atoms with Gasteiger partial charge in [0.2, 0.25) is 0 Å². The second-order valence-corrected chi connectivity index (χ2v) is 2.13. The van der Waals surface area contributed by atoms with Crippen molar-refractivity contribution in [3.8, 4) is 0 Å². The maximum atomic E-state index is 12.5. The maximum Gasteiger partial charge on any atom is 0.367 e. The van der Waals surface area contributed by atoms with E-state index in [-0.39, 0.29) is 0 Å².